The van der Waals surface area contributed by atoms with Crippen LogP contribution in [0.2, 0.25) is 5.02 Å². The topological polar surface area (TPSA) is 68.5 Å². The highest BCUT2D eigenvalue weighted by Crippen LogP contribution is 2.14. The second-order valence-electron chi connectivity index (χ2n) is 5.59. The number of esters is 1. The Labute approximate surface area is 161 Å². The van der Waals surface area contributed by atoms with Gasteiger partial charge in [-0.05, 0) is 48.0 Å². The summed E-state index contributed by atoms with van der Waals surface area (Å²) in [7, 11) is 0. The van der Waals surface area contributed by atoms with Gasteiger partial charge < -0.3 is 14.5 Å². The Morgan fingerprint density at radius 3 is 2.41 bits per heavy atom. The number of furan rings is 1. The number of rotatable bonds is 6. The zero-order chi connectivity index (χ0) is 19.1. The first kappa shape index (κ1) is 18.5. The lowest BCUT2D eigenvalue weighted by molar-refractivity contribution is -0.141. The van der Waals surface area contributed by atoms with Crippen LogP contribution in [-0.4, -0.2) is 11.9 Å². The molecule has 6 heteroatoms. The molecule has 0 aliphatic heterocycles. The lowest BCUT2D eigenvalue weighted by Crippen LogP contribution is -2.28. The average molecular weight is 382 g/mol. The van der Waals surface area contributed by atoms with Crippen LogP contribution in [0.25, 0.3) is 6.08 Å². The number of hydrogen-bond acceptors (Lipinski definition) is 4. The summed E-state index contributed by atoms with van der Waals surface area (Å²) in [6, 6.07) is 18.8. The molecule has 3 aromatic rings. The molecule has 1 heterocycles. The third kappa shape index (κ3) is 5.33. The Morgan fingerprint density at radius 1 is 1.00 bits per heavy atom. The highest BCUT2D eigenvalue weighted by molar-refractivity contribution is 6.30. The van der Waals surface area contributed by atoms with Gasteiger partial charge in [0.1, 0.15) is 18.1 Å². The summed E-state index contributed by atoms with van der Waals surface area (Å²) in [5.74, 6) is -0.583. The first-order chi connectivity index (χ1) is 13.1. The molecule has 5 nitrogen and oxygen atoms in total. The third-order valence-corrected chi connectivity index (χ3v) is 3.86. The van der Waals surface area contributed by atoms with Crippen LogP contribution in [-0.2, 0) is 16.1 Å². The van der Waals surface area contributed by atoms with Gasteiger partial charge in [0.25, 0.3) is 5.91 Å². The van der Waals surface area contributed by atoms with Gasteiger partial charge in [0, 0.05) is 10.6 Å². The summed E-state index contributed by atoms with van der Waals surface area (Å²) in [6.45, 7) is -0.0367. The second kappa shape index (κ2) is 8.87. The van der Waals surface area contributed by atoms with Crippen molar-refractivity contribution in [1.29, 1.82) is 0 Å². The van der Waals surface area contributed by atoms with Crippen LogP contribution in [0.5, 0.6) is 0 Å². The van der Waals surface area contributed by atoms with E-state index in [9.17, 15) is 9.59 Å². The molecule has 0 aliphatic rings. The maximum Gasteiger partial charge on any atom is 0.355 e. The van der Waals surface area contributed by atoms with Gasteiger partial charge in [-0.25, -0.2) is 4.79 Å². The molecule has 1 aromatic heterocycles. The van der Waals surface area contributed by atoms with E-state index < -0.39 is 11.9 Å². The number of amides is 1. The van der Waals surface area contributed by atoms with E-state index in [0.717, 1.165) is 0 Å². The normalized spacial score (nSPS) is 11.1. The number of ether oxygens (including phenoxy) is 1. The van der Waals surface area contributed by atoms with Crippen LogP contribution in [0.1, 0.15) is 21.7 Å². The van der Waals surface area contributed by atoms with Gasteiger partial charge in [0.15, 0.2) is 0 Å². The minimum absolute atomic E-state index is 0.0118. The number of nitrogens with one attached hydrogen (secondary N) is 1. The Morgan fingerprint density at radius 2 is 1.74 bits per heavy atom. The monoisotopic (exact) mass is 381 g/mol. The minimum Gasteiger partial charge on any atom is -0.466 e. The molecule has 0 saturated heterocycles. The molecule has 0 saturated carbocycles. The first-order valence-corrected chi connectivity index (χ1v) is 8.53. The molecule has 2 aromatic carbocycles. The van der Waals surface area contributed by atoms with E-state index >= 15 is 0 Å². The number of carbonyl (C=O) groups is 2. The minimum atomic E-state index is -0.675. The number of hydrogen-bond donors (Lipinski definition) is 1. The van der Waals surface area contributed by atoms with E-state index in [2.05, 4.69) is 5.32 Å². The zero-order valence-corrected chi connectivity index (χ0v) is 15.0. The molecule has 0 atom stereocenters. The first-order valence-electron chi connectivity index (χ1n) is 8.15. The highest BCUT2D eigenvalue weighted by Gasteiger charge is 2.16. The van der Waals surface area contributed by atoms with Crippen LogP contribution in [0, 0.1) is 0 Å². The van der Waals surface area contributed by atoms with Crippen molar-refractivity contribution in [3.05, 3.63) is 101 Å². The Kier molecular flexibility index (Phi) is 6.07. The van der Waals surface area contributed by atoms with Crippen molar-refractivity contribution in [1.82, 2.24) is 5.32 Å². The molecule has 0 radical (unpaired) electrons. The summed E-state index contributed by atoms with van der Waals surface area (Å²) in [4.78, 5) is 24.9. The van der Waals surface area contributed by atoms with Crippen molar-refractivity contribution in [2.45, 2.75) is 6.61 Å². The van der Waals surface area contributed by atoms with E-state index in [0.29, 0.717) is 21.9 Å². The van der Waals surface area contributed by atoms with Gasteiger partial charge in [-0.3, -0.25) is 4.79 Å². The Hall–Kier alpha value is -3.31. The Balaban J connectivity index is 1.80. The molecular formula is C21H16ClNO4. The van der Waals surface area contributed by atoms with E-state index in [1.54, 1.807) is 66.7 Å². The Bertz CT molecular complexity index is 932. The van der Waals surface area contributed by atoms with E-state index in [4.69, 9.17) is 20.8 Å². The molecule has 1 N–H and O–H groups in total. The maximum atomic E-state index is 12.5. The van der Waals surface area contributed by atoms with Gasteiger partial charge in [-0.2, -0.15) is 0 Å². The molecule has 27 heavy (non-hydrogen) atoms. The van der Waals surface area contributed by atoms with E-state index in [1.807, 2.05) is 0 Å². The lowest BCUT2D eigenvalue weighted by atomic mass is 10.1. The molecule has 0 bridgehead atoms. The number of halogens is 1. The van der Waals surface area contributed by atoms with Crippen molar-refractivity contribution in [3.63, 3.8) is 0 Å². The smallest absolute Gasteiger partial charge is 0.355 e. The second-order valence-corrected chi connectivity index (χ2v) is 6.02. The molecule has 0 spiro atoms. The predicted molar refractivity (Wildman–Crippen MR) is 102 cm³/mol. The molecule has 3 rings (SSSR count). The molecular weight excluding hydrogens is 366 g/mol. The third-order valence-electron chi connectivity index (χ3n) is 3.61. The van der Waals surface area contributed by atoms with E-state index in [1.165, 1.54) is 12.3 Å². The van der Waals surface area contributed by atoms with Gasteiger partial charge in [0.2, 0.25) is 0 Å². The summed E-state index contributed by atoms with van der Waals surface area (Å²) >= 11 is 5.89. The molecule has 0 unspecified atom stereocenters. The average Bonchev–Trinajstić information content (AvgIpc) is 3.21. The maximum absolute atomic E-state index is 12.5. The molecule has 1 amide bonds. The fraction of sp³-hybridized carbons (Fsp3) is 0.0476. The quantitative estimate of drug-likeness (QED) is 0.506. The van der Waals surface area contributed by atoms with Gasteiger partial charge in [-0.1, -0.05) is 41.9 Å². The SMILES string of the molecule is O=C(OCc1ccco1)/C(=C\c1ccc(Cl)cc1)NC(=O)c1ccccc1. The summed E-state index contributed by atoms with van der Waals surface area (Å²) in [5.41, 5.74) is 1.13. The van der Waals surface area contributed by atoms with Crippen molar-refractivity contribution in [2.75, 3.05) is 0 Å². The fourth-order valence-electron chi connectivity index (χ4n) is 2.26. The van der Waals surface area contributed by atoms with Gasteiger partial charge >= 0.3 is 5.97 Å². The van der Waals surface area contributed by atoms with Crippen molar-refractivity contribution in [2.24, 2.45) is 0 Å². The van der Waals surface area contributed by atoms with Crippen LogP contribution in [0.15, 0.2) is 83.1 Å². The van der Waals surface area contributed by atoms with Crippen molar-refractivity contribution in [3.8, 4) is 0 Å². The molecule has 0 aliphatic carbocycles. The predicted octanol–water partition coefficient (Wildman–Crippen LogP) is 4.45. The van der Waals surface area contributed by atoms with Gasteiger partial charge in [0.05, 0.1) is 6.26 Å². The van der Waals surface area contributed by atoms with Crippen LogP contribution in [0.3, 0.4) is 0 Å². The fourth-order valence-corrected chi connectivity index (χ4v) is 2.39. The highest BCUT2D eigenvalue weighted by atomic mass is 35.5. The van der Waals surface area contributed by atoms with Crippen LogP contribution >= 0.6 is 11.6 Å². The summed E-state index contributed by atoms with van der Waals surface area (Å²) in [5, 5.41) is 3.18. The number of carbonyl (C=O) groups excluding carboxylic acids is 2. The summed E-state index contributed by atoms with van der Waals surface area (Å²) < 4.78 is 10.4. The zero-order valence-electron chi connectivity index (χ0n) is 14.2. The van der Waals surface area contributed by atoms with E-state index in [-0.39, 0.29) is 12.3 Å². The summed E-state index contributed by atoms with van der Waals surface area (Å²) in [6.07, 6.45) is 3.02. The van der Waals surface area contributed by atoms with Crippen molar-refractivity contribution >= 4 is 29.6 Å². The largest absolute Gasteiger partial charge is 0.466 e. The number of benzene rings is 2. The van der Waals surface area contributed by atoms with Crippen LogP contribution < -0.4 is 5.32 Å². The van der Waals surface area contributed by atoms with Crippen LogP contribution in [0.4, 0.5) is 0 Å². The standard InChI is InChI=1S/C21H16ClNO4/c22-17-10-8-15(9-11-17)13-19(21(25)27-14-18-7-4-12-26-18)23-20(24)16-5-2-1-3-6-16/h1-13H,14H2,(H,23,24)/b19-13+. The lowest BCUT2D eigenvalue weighted by Gasteiger charge is -2.10. The molecule has 0 fully saturated rings. The van der Waals surface area contributed by atoms with Gasteiger partial charge in [-0.15, -0.1) is 0 Å². The van der Waals surface area contributed by atoms with Crippen molar-refractivity contribution < 1.29 is 18.7 Å². The molecule has 136 valence electrons.